The average Bonchev–Trinajstić information content (AvgIpc) is 2.33. The van der Waals surface area contributed by atoms with Crippen LogP contribution >= 0.6 is 27.5 Å². The highest BCUT2D eigenvalue weighted by molar-refractivity contribution is 9.10. The zero-order valence-corrected chi connectivity index (χ0v) is 14.2. The predicted octanol–water partition coefficient (Wildman–Crippen LogP) is 4.09. The second kappa shape index (κ2) is 6.13. The summed E-state index contributed by atoms with van der Waals surface area (Å²) in [6.07, 6.45) is 0. The number of rotatable bonds is 2. The maximum atomic E-state index is 6.20. The third-order valence-corrected chi connectivity index (χ3v) is 4.55. The van der Waals surface area contributed by atoms with E-state index in [1.807, 2.05) is 6.07 Å². The predicted molar refractivity (Wildman–Crippen MR) is 85.8 cm³/mol. The lowest BCUT2D eigenvalue weighted by atomic mass is 9.81. The SMILES string of the molecule is CC(C)(C)[C@H](c1cc(Cl)ccc1Br)N1CCNCC1. The largest absolute Gasteiger partial charge is 0.314 e. The fourth-order valence-corrected chi connectivity index (χ4v) is 3.52. The van der Waals surface area contributed by atoms with Crippen LogP contribution in [0.2, 0.25) is 5.02 Å². The molecule has 0 unspecified atom stereocenters. The van der Waals surface area contributed by atoms with E-state index >= 15 is 0 Å². The van der Waals surface area contributed by atoms with Gasteiger partial charge in [0.2, 0.25) is 0 Å². The minimum Gasteiger partial charge on any atom is -0.314 e. The maximum Gasteiger partial charge on any atom is 0.0410 e. The smallest absolute Gasteiger partial charge is 0.0410 e. The fraction of sp³-hybridized carbons (Fsp3) is 0.600. The summed E-state index contributed by atoms with van der Waals surface area (Å²) >= 11 is 9.89. The Balaban J connectivity index is 2.39. The van der Waals surface area contributed by atoms with E-state index in [4.69, 9.17) is 11.6 Å². The van der Waals surface area contributed by atoms with Crippen molar-refractivity contribution in [2.75, 3.05) is 26.2 Å². The average molecular weight is 346 g/mol. The lowest BCUT2D eigenvalue weighted by Crippen LogP contribution is -2.48. The van der Waals surface area contributed by atoms with Crippen LogP contribution in [0.1, 0.15) is 32.4 Å². The summed E-state index contributed by atoms with van der Waals surface area (Å²) in [7, 11) is 0. The van der Waals surface area contributed by atoms with Gasteiger partial charge in [0.05, 0.1) is 0 Å². The first-order valence-corrected chi connectivity index (χ1v) is 7.96. The van der Waals surface area contributed by atoms with Crippen molar-refractivity contribution in [1.29, 1.82) is 0 Å². The van der Waals surface area contributed by atoms with Gasteiger partial charge in [-0.3, -0.25) is 4.90 Å². The summed E-state index contributed by atoms with van der Waals surface area (Å²) < 4.78 is 1.15. The van der Waals surface area contributed by atoms with Gasteiger partial charge in [-0.05, 0) is 29.2 Å². The molecule has 1 aromatic carbocycles. The van der Waals surface area contributed by atoms with Crippen molar-refractivity contribution in [3.05, 3.63) is 33.3 Å². The van der Waals surface area contributed by atoms with Gasteiger partial charge in [0.15, 0.2) is 0 Å². The minimum absolute atomic E-state index is 0.171. The molecule has 1 aliphatic heterocycles. The first kappa shape index (κ1) is 15.3. The van der Waals surface area contributed by atoms with Crippen LogP contribution in [0.25, 0.3) is 0 Å². The van der Waals surface area contributed by atoms with Crippen molar-refractivity contribution < 1.29 is 0 Å². The Kier molecular flexibility index (Phi) is 4.93. The molecular formula is C15H22BrClN2. The van der Waals surface area contributed by atoms with Gasteiger partial charge in [0.1, 0.15) is 0 Å². The highest BCUT2D eigenvalue weighted by Gasteiger charge is 2.33. The Hall–Kier alpha value is -0.0900. The first-order chi connectivity index (χ1) is 8.89. The lowest BCUT2D eigenvalue weighted by Gasteiger charge is -2.43. The first-order valence-electron chi connectivity index (χ1n) is 6.79. The Labute approximate surface area is 129 Å². The highest BCUT2D eigenvalue weighted by atomic mass is 79.9. The molecule has 0 bridgehead atoms. The molecule has 1 fully saturated rings. The summed E-state index contributed by atoms with van der Waals surface area (Å²) in [6.45, 7) is 11.2. The van der Waals surface area contributed by atoms with Gasteiger partial charge in [-0.2, -0.15) is 0 Å². The summed E-state index contributed by atoms with van der Waals surface area (Å²) in [5.74, 6) is 0. The Morgan fingerprint density at radius 1 is 1.26 bits per heavy atom. The van der Waals surface area contributed by atoms with Gasteiger partial charge < -0.3 is 5.32 Å². The van der Waals surface area contributed by atoms with Gasteiger partial charge in [-0.25, -0.2) is 0 Å². The van der Waals surface area contributed by atoms with Crippen LogP contribution in [-0.2, 0) is 0 Å². The zero-order chi connectivity index (χ0) is 14.0. The van der Waals surface area contributed by atoms with Crippen molar-refractivity contribution in [3.8, 4) is 0 Å². The van der Waals surface area contributed by atoms with Crippen LogP contribution in [0.4, 0.5) is 0 Å². The molecule has 0 saturated carbocycles. The minimum atomic E-state index is 0.171. The van der Waals surface area contributed by atoms with Crippen LogP contribution < -0.4 is 5.32 Å². The maximum absolute atomic E-state index is 6.20. The zero-order valence-electron chi connectivity index (χ0n) is 11.8. The van der Waals surface area contributed by atoms with E-state index in [0.29, 0.717) is 6.04 Å². The quantitative estimate of drug-likeness (QED) is 0.868. The molecular weight excluding hydrogens is 324 g/mol. The second-order valence-electron chi connectivity index (χ2n) is 6.22. The van der Waals surface area contributed by atoms with Crippen LogP contribution in [0.15, 0.2) is 22.7 Å². The molecule has 1 atom stereocenters. The molecule has 0 radical (unpaired) electrons. The summed E-state index contributed by atoms with van der Waals surface area (Å²) in [5, 5.41) is 4.23. The number of hydrogen-bond donors (Lipinski definition) is 1. The van der Waals surface area contributed by atoms with Gasteiger partial charge >= 0.3 is 0 Å². The van der Waals surface area contributed by atoms with Crippen molar-refractivity contribution in [3.63, 3.8) is 0 Å². The van der Waals surface area contributed by atoms with E-state index < -0.39 is 0 Å². The number of hydrogen-bond acceptors (Lipinski definition) is 2. The summed E-state index contributed by atoms with van der Waals surface area (Å²) in [5.41, 5.74) is 1.46. The summed E-state index contributed by atoms with van der Waals surface area (Å²) in [4.78, 5) is 2.56. The van der Waals surface area contributed by atoms with E-state index in [9.17, 15) is 0 Å². The standard InChI is InChI=1S/C15H22BrClN2/c1-15(2,3)14(19-8-6-18-7-9-19)12-10-11(17)4-5-13(12)16/h4-5,10,14,18H,6-9H2,1-3H3/t14-/m0/s1. The molecule has 1 aliphatic rings. The second-order valence-corrected chi connectivity index (χ2v) is 7.51. The van der Waals surface area contributed by atoms with Crippen molar-refractivity contribution in [2.45, 2.75) is 26.8 Å². The molecule has 2 rings (SSSR count). The number of benzene rings is 1. The summed E-state index contributed by atoms with van der Waals surface area (Å²) in [6, 6.07) is 6.47. The third-order valence-electron chi connectivity index (χ3n) is 3.59. The van der Waals surface area contributed by atoms with Crippen LogP contribution in [0, 0.1) is 5.41 Å². The molecule has 0 amide bonds. The monoisotopic (exact) mass is 344 g/mol. The van der Waals surface area contributed by atoms with Crippen molar-refractivity contribution in [2.24, 2.45) is 5.41 Å². The molecule has 0 aromatic heterocycles. The van der Waals surface area contributed by atoms with E-state index in [1.54, 1.807) is 0 Å². The van der Waals surface area contributed by atoms with Crippen LogP contribution in [0.3, 0.4) is 0 Å². The number of piperazine rings is 1. The molecule has 106 valence electrons. The fourth-order valence-electron chi connectivity index (χ4n) is 2.88. The molecule has 1 aromatic rings. The topological polar surface area (TPSA) is 15.3 Å². The molecule has 2 nitrogen and oxygen atoms in total. The lowest BCUT2D eigenvalue weighted by molar-refractivity contribution is 0.0857. The van der Waals surface area contributed by atoms with Gasteiger partial charge in [-0.15, -0.1) is 0 Å². The number of halogens is 2. The van der Waals surface area contributed by atoms with Crippen LogP contribution in [0.5, 0.6) is 0 Å². The Morgan fingerprint density at radius 3 is 2.47 bits per heavy atom. The number of nitrogens with zero attached hydrogens (tertiary/aromatic N) is 1. The molecule has 1 N–H and O–H groups in total. The molecule has 0 spiro atoms. The third kappa shape index (κ3) is 3.72. The molecule has 1 heterocycles. The van der Waals surface area contributed by atoms with E-state index in [0.717, 1.165) is 35.7 Å². The van der Waals surface area contributed by atoms with Crippen molar-refractivity contribution in [1.82, 2.24) is 10.2 Å². The van der Waals surface area contributed by atoms with Gasteiger partial charge in [0.25, 0.3) is 0 Å². The normalized spacial score (nSPS) is 19.4. The highest BCUT2D eigenvalue weighted by Crippen LogP contribution is 2.41. The van der Waals surface area contributed by atoms with E-state index in [-0.39, 0.29) is 5.41 Å². The van der Waals surface area contributed by atoms with Crippen LogP contribution in [-0.4, -0.2) is 31.1 Å². The molecule has 19 heavy (non-hydrogen) atoms. The van der Waals surface area contributed by atoms with Gasteiger partial charge in [0, 0.05) is 41.7 Å². The van der Waals surface area contributed by atoms with E-state index in [1.165, 1.54) is 5.56 Å². The van der Waals surface area contributed by atoms with E-state index in [2.05, 4.69) is 59.1 Å². The molecule has 0 aliphatic carbocycles. The van der Waals surface area contributed by atoms with Gasteiger partial charge in [-0.1, -0.05) is 48.3 Å². The molecule has 1 saturated heterocycles. The number of nitrogens with one attached hydrogen (secondary N) is 1. The Bertz CT molecular complexity index is 436. The molecule has 4 heteroatoms. The Morgan fingerprint density at radius 2 is 1.89 bits per heavy atom. The van der Waals surface area contributed by atoms with Crippen molar-refractivity contribution >= 4 is 27.5 Å².